The number of nitrogens with one attached hydrogen (secondary N) is 3. The normalized spacial score (nSPS) is 10.0. The number of ether oxygens (including phenoxy) is 1. The van der Waals surface area contributed by atoms with Crippen LogP contribution in [0.25, 0.3) is 0 Å². The molecule has 2 rings (SSSR count). The third-order valence-corrected chi connectivity index (χ3v) is 3.43. The van der Waals surface area contributed by atoms with Gasteiger partial charge in [0, 0.05) is 29.5 Å². The predicted molar refractivity (Wildman–Crippen MR) is 100 cm³/mol. The van der Waals surface area contributed by atoms with Crippen LogP contribution in [0.5, 0.6) is 5.75 Å². The van der Waals surface area contributed by atoms with Crippen molar-refractivity contribution in [2.75, 3.05) is 29.6 Å². The van der Waals surface area contributed by atoms with Gasteiger partial charge in [0.1, 0.15) is 5.75 Å². The first-order chi connectivity index (χ1) is 12.1. The van der Waals surface area contributed by atoms with Crippen LogP contribution in [0.4, 0.5) is 17.1 Å². The average molecular weight is 341 g/mol. The lowest BCUT2D eigenvalue weighted by molar-refractivity contribution is -0.116. The molecule has 132 valence electrons. The maximum absolute atomic E-state index is 12.1. The van der Waals surface area contributed by atoms with E-state index in [1.165, 1.54) is 0 Å². The minimum Gasteiger partial charge on any atom is -0.497 e. The predicted octanol–water partition coefficient (Wildman–Crippen LogP) is 3.48. The first-order valence-corrected chi connectivity index (χ1v) is 8.18. The van der Waals surface area contributed by atoms with Crippen molar-refractivity contribution in [2.45, 2.75) is 19.8 Å². The third kappa shape index (κ3) is 6.18. The standard InChI is InChI=1S/C19H23N3O3/c1-3-6-18(23)21-15-8-4-9-16(11-15)22-19(24)13-20-14-7-5-10-17(12-14)25-2/h4-5,7-12,20H,3,6,13H2,1-2H3,(H,21,23)(H,22,24). The highest BCUT2D eigenvalue weighted by molar-refractivity contribution is 5.95. The summed E-state index contributed by atoms with van der Waals surface area (Å²) >= 11 is 0. The summed E-state index contributed by atoms with van der Waals surface area (Å²) in [6.45, 7) is 2.07. The van der Waals surface area contributed by atoms with Gasteiger partial charge in [-0.1, -0.05) is 19.1 Å². The van der Waals surface area contributed by atoms with Gasteiger partial charge in [-0.15, -0.1) is 0 Å². The summed E-state index contributed by atoms with van der Waals surface area (Å²) in [4.78, 5) is 23.7. The van der Waals surface area contributed by atoms with Gasteiger partial charge >= 0.3 is 0 Å². The second-order valence-electron chi connectivity index (χ2n) is 5.51. The van der Waals surface area contributed by atoms with Gasteiger partial charge in [0.15, 0.2) is 0 Å². The number of rotatable bonds is 8. The van der Waals surface area contributed by atoms with Gasteiger partial charge in [-0.3, -0.25) is 9.59 Å². The molecule has 0 fully saturated rings. The Morgan fingerprint density at radius 3 is 2.24 bits per heavy atom. The lowest BCUT2D eigenvalue weighted by atomic mass is 10.2. The summed E-state index contributed by atoms with van der Waals surface area (Å²) in [5, 5.41) is 8.65. The van der Waals surface area contributed by atoms with E-state index in [-0.39, 0.29) is 18.4 Å². The third-order valence-electron chi connectivity index (χ3n) is 3.43. The van der Waals surface area contributed by atoms with Crippen LogP contribution in [0.15, 0.2) is 48.5 Å². The van der Waals surface area contributed by atoms with E-state index in [0.29, 0.717) is 17.8 Å². The van der Waals surface area contributed by atoms with Crippen molar-refractivity contribution in [3.63, 3.8) is 0 Å². The van der Waals surface area contributed by atoms with Crippen LogP contribution in [0.3, 0.4) is 0 Å². The fraction of sp³-hybridized carbons (Fsp3) is 0.263. The maximum atomic E-state index is 12.1. The van der Waals surface area contributed by atoms with Crippen molar-refractivity contribution in [1.82, 2.24) is 0 Å². The lowest BCUT2D eigenvalue weighted by Gasteiger charge is -2.10. The van der Waals surface area contributed by atoms with Crippen molar-refractivity contribution >= 4 is 28.9 Å². The molecule has 0 aliphatic carbocycles. The SMILES string of the molecule is CCCC(=O)Nc1cccc(NC(=O)CNc2cccc(OC)c2)c1. The molecule has 2 aromatic carbocycles. The minimum atomic E-state index is -0.181. The lowest BCUT2D eigenvalue weighted by Crippen LogP contribution is -2.21. The molecule has 0 aliphatic rings. The molecule has 6 nitrogen and oxygen atoms in total. The molecule has 0 bridgehead atoms. The molecule has 0 atom stereocenters. The van der Waals surface area contributed by atoms with E-state index in [9.17, 15) is 9.59 Å². The zero-order chi connectivity index (χ0) is 18.1. The van der Waals surface area contributed by atoms with Gasteiger partial charge in [0.25, 0.3) is 0 Å². The van der Waals surface area contributed by atoms with E-state index in [1.807, 2.05) is 31.2 Å². The van der Waals surface area contributed by atoms with Crippen LogP contribution in [0.2, 0.25) is 0 Å². The number of hydrogen-bond acceptors (Lipinski definition) is 4. The van der Waals surface area contributed by atoms with E-state index in [4.69, 9.17) is 4.74 Å². The molecule has 6 heteroatoms. The van der Waals surface area contributed by atoms with Gasteiger partial charge in [-0.05, 0) is 36.8 Å². The van der Waals surface area contributed by atoms with Gasteiger partial charge < -0.3 is 20.7 Å². The minimum absolute atomic E-state index is 0.0364. The fourth-order valence-corrected chi connectivity index (χ4v) is 2.25. The fourth-order valence-electron chi connectivity index (χ4n) is 2.25. The van der Waals surface area contributed by atoms with E-state index in [2.05, 4.69) is 16.0 Å². The number of carbonyl (C=O) groups is 2. The Bertz CT molecular complexity index is 731. The van der Waals surface area contributed by atoms with Crippen molar-refractivity contribution in [3.05, 3.63) is 48.5 Å². The van der Waals surface area contributed by atoms with Crippen molar-refractivity contribution < 1.29 is 14.3 Å². The molecule has 0 aromatic heterocycles. The van der Waals surface area contributed by atoms with Crippen LogP contribution < -0.4 is 20.7 Å². The van der Waals surface area contributed by atoms with Gasteiger partial charge in [-0.2, -0.15) is 0 Å². The smallest absolute Gasteiger partial charge is 0.243 e. The van der Waals surface area contributed by atoms with E-state index in [0.717, 1.165) is 17.9 Å². The van der Waals surface area contributed by atoms with Gasteiger partial charge in [-0.25, -0.2) is 0 Å². The molecular formula is C19H23N3O3. The number of amides is 2. The van der Waals surface area contributed by atoms with Gasteiger partial charge in [0.05, 0.1) is 13.7 Å². The molecule has 0 aliphatic heterocycles. The van der Waals surface area contributed by atoms with E-state index in [1.54, 1.807) is 31.4 Å². The Morgan fingerprint density at radius 1 is 0.920 bits per heavy atom. The number of benzene rings is 2. The number of carbonyl (C=O) groups excluding carboxylic acids is 2. The Kier molecular flexibility index (Phi) is 6.83. The molecule has 0 unspecified atom stereocenters. The second-order valence-corrected chi connectivity index (χ2v) is 5.51. The zero-order valence-corrected chi connectivity index (χ0v) is 14.5. The molecule has 3 N–H and O–H groups in total. The molecule has 0 heterocycles. The summed E-state index contributed by atoms with van der Waals surface area (Å²) < 4.78 is 5.14. The Morgan fingerprint density at radius 2 is 1.56 bits per heavy atom. The van der Waals surface area contributed by atoms with Gasteiger partial charge in [0.2, 0.25) is 11.8 Å². The van der Waals surface area contributed by atoms with Crippen molar-refractivity contribution in [1.29, 1.82) is 0 Å². The molecule has 0 radical (unpaired) electrons. The number of anilines is 3. The Labute approximate surface area is 147 Å². The monoisotopic (exact) mass is 341 g/mol. The highest BCUT2D eigenvalue weighted by atomic mass is 16.5. The van der Waals surface area contributed by atoms with E-state index < -0.39 is 0 Å². The van der Waals surface area contributed by atoms with Crippen LogP contribution >= 0.6 is 0 Å². The first-order valence-electron chi connectivity index (χ1n) is 8.18. The molecule has 0 saturated carbocycles. The second kappa shape index (κ2) is 9.32. The molecule has 2 aromatic rings. The van der Waals surface area contributed by atoms with Crippen molar-refractivity contribution in [2.24, 2.45) is 0 Å². The zero-order valence-electron chi connectivity index (χ0n) is 14.5. The molecular weight excluding hydrogens is 318 g/mol. The van der Waals surface area contributed by atoms with Crippen LogP contribution in [0.1, 0.15) is 19.8 Å². The van der Waals surface area contributed by atoms with Crippen molar-refractivity contribution in [3.8, 4) is 5.75 Å². The van der Waals surface area contributed by atoms with Crippen LogP contribution in [-0.2, 0) is 9.59 Å². The largest absolute Gasteiger partial charge is 0.497 e. The Balaban J connectivity index is 1.88. The summed E-state index contributed by atoms with van der Waals surface area (Å²) in [5.41, 5.74) is 2.10. The summed E-state index contributed by atoms with van der Waals surface area (Å²) in [7, 11) is 1.60. The van der Waals surface area contributed by atoms with Crippen LogP contribution in [0, 0.1) is 0 Å². The Hall–Kier alpha value is -3.02. The summed E-state index contributed by atoms with van der Waals surface area (Å²) in [6.07, 6.45) is 1.26. The molecule has 0 spiro atoms. The maximum Gasteiger partial charge on any atom is 0.243 e. The quantitative estimate of drug-likeness (QED) is 0.687. The topological polar surface area (TPSA) is 79.5 Å². The van der Waals surface area contributed by atoms with Crippen LogP contribution in [-0.4, -0.2) is 25.5 Å². The summed E-state index contributed by atoms with van der Waals surface area (Å²) in [5.74, 6) is 0.506. The highest BCUT2D eigenvalue weighted by Gasteiger charge is 2.05. The molecule has 25 heavy (non-hydrogen) atoms. The molecule has 0 saturated heterocycles. The highest BCUT2D eigenvalue weighted by Crippen LogP contribution is 2.17. The molecule has 2 amide bonds. The average Bonchev–Trinajstić information content (AvgIpc) is 2.60. The first kappa shape index (κ1) is 18.3. The van der Waals surface area contributed by atoms with E-state index >= 15 is 0 Å². The summed E-state index contributed by atoms with van der Waals surface area (Å²) in [6, 6.07) is 14.4. The number of methoxy groups -OCH3 is 1. The number of hydrogen-bond donors (Lipinski definition) is 3.